The maximum absolute atomic E-state index is 12.4. The van der Waals surface area contributed by atoms with Crippen molar-refractivity contribution in [2.75, 3.05) is 32.0 Å². The van der Waals surface area contributed by atoms with Crippen LogP contribution < -0.4 is 5.32 Å². The predicted molar refractivity (Wildman–Crippen MR) is 76.8 cm³/mol. The third-order valence-corrected chi connectivity index (χ3v) is 4.73. The highest BCUT2D eigenvalue weighted by molar-refractivity contribution is 5.89. The number of hydrogen-bond acceptors (Lipinski definition) is 4. The molecule has 23 heavy (non-hydrogen) atoms. The molecule has 2 aliphatic rings. The zero-order valence-corrected chi connectivity index (χ0v) is 12.7. The number of nitrogens with zero attached hydrogens (tertiary/aromatic N) is 4. The van der Waals surface area contributed by atoms with E-state index in [1.54, 1.807) is 4.90 Å². The maximum atomic E-state index is 12.4. The van der Waals surface area contributed by atoms with Crippen molar-refractivity contribution in [3.63, 3.8) is 0 Å². The summed E-state index contributed by atoms with van der Waals surface area (Å²) >= 11 is 0. The third kappa shape index (κ3) is 3.10. The number of nitrogens with one attached hydrogen (secondary N) is 1. The number of carbonyl (C=O) groups is 1. The normalized spacial score (nSPS) is 21.1. The second kappa shape index (κ2) is 5.63. The molecule has 0 unspecified atom stereocenters. The Morgan fingerprint density at radius 3 is 2.30 bits per heavy atom. The molecule has 3 rings (SSSR count). The SMILES string of the molecule is CN1CCC2(CC1)CCN2C(=O)Nc1ccc(C(F)(F)F)nn1. The van der Waals surface area contributed by atoms with E-state index in [-0.39, 0.29) is 17.4 Å². The minimum Gasteiger partial charge on any atom is -0.319 e. The summed E-state index contributed by atoms with van der Waals surface area (Å²) < 4.78 is 37.3. The van der Waals surface area contributed by atoms with Gasteiger partial charge in [0.25, 0.3) is 0 Å². The van der Waals surface area contributed by atoms with Crippen molar-refractivity contribution in [1.82, 2.24) is 20.0 Å². The summed E-state index contributed by atoms with van der Waals surface area (Å²) in [4.78, 5) is 16.3. The Morgan fingerprint density at radius 2 is 1.83 bits per heavy atom. The average Bonchev–Trinajstić information content (AvgIpc) is 2.46. The second-order valence-corrected chi connectivity index (χ2v) is 6.16. The van der Waals surface area contributed by atoms with E-state index in [1.165, 1.54) is 0 Å². The van der Waals surface area contributed by atoms with Crippen LogP contribution in [-0.4, -0.2) is 58.2 Å². The van der Waals surface area contributed by atoms with E-state index in [4.69, 9.17) is 0 Å². The number of aromatic nitrogens is 2. The highest BCUT2D eigenvalue weighted by Gasteiger charge is 2.48. The molecule has 1 N–H and O–H groups in total. The van der Waals surface area contributed by atoms with Crippen LogP contribution in [0.5, 0.6) is 0 Å². The molecule has 9 heteroatoms. The number of hydrogen-bond donors (Lipinski definition) is 1. The monoisotopic (exact) mass is 329 g/mol. The molecular formula is C14H18F3N5O. The van der Waals surface area contributed by atoms with Gasteiger partial charge in [-0.2, -0.15) is 13.2 Å². The van der Waals surface area contributed by atoms with Crippen molar-refractivity contribution in [3.8, 4) is 0 Å². The molecular weight excluding hydrogens is 311 g/mol. The molecule has 2 aliphatic heterocycles. The molecule has 126 valence electrons. The smallest absolute Gasteiger partial charge is 0.319 e. The van der Waals surface area contributed by atoms with E-state index < -0.39 is 11.9 Å². The lowest BCUT2D eigenvalue weighted by atomic mass is 9.77. The highest BCUT2D eigenvalue weighted by Crippen LogP contribution is 2.39. The van der Waals surface area contributed by atoms with Crippen LogP contribution in [0.1, 0.15) is 25.0 Å². The largest absolute Gasteiger partial charge is 0.435 e. The van der Waals surface area contributed by atoms with Gasteiger partial charge < -0.3 is 9.80 Å². The number of alkyl halides is 3. The predicted octanol–water partition coefficient (Wildman–Crippen LogP) is 2.20. The Bertz CT molecular complexity index is 581. The van der Waals surface area contributed by atoms with Crippen LogP contribution in [-0.2, 0) is 6.18 Å². The fourth-order valence-electron chi connectivity index (χ4n) is 3.14. The first-order valence-corrected chi connectivity index (χ1v) is 7.48. The van der Waals surface area contributed by atoms with Gasteiger partial charge in [-0.3, -0.25) is 5.32 Å². The standard InChI is InChI=1S/C14H18F3N5O/c1-21-7-4-13(5-8-21)6-9-22(13)12(23)18-11-3-2-10(19-20-11)14(15,16)17/h2-3H,4-9H2,1H3,(H,18,20,23). The van der Waals surface area contributed by atoms with E-state index >= 15 is 0 Å². The molecule has 0 bridgehead atoms. The molecule has 1 aromatic rings. The Hall–Kier alpha value is -1.90. The van der Waals surface area contributed by atoms with Gasteiger partial charge >= 0.3 is 12.2 Å². The van der Waals surface area contributed by atoms with Crippen molar-refractivity contribution in [2.24, 2.45) is 0 Å². The number of urea groups is 1. The Balaban J connectivity index is 1.63. The van der Waals surface area contributed by atoms with Gasteiger partial charge in [0.15, 0.2) is 11.5 Å². The molecule has 0 atom stereocenters. The quantitative estimate of drug-likeness (QED) is 0.858. The zero-order chi connectivity index (χ0) is 16.7. The topological polar surface area (TPSA) is 61.4 Å². The lowest BCUT2D eigenvalue weighted by Crippen LogP contribution is -2.66. The average molecular weight is 329 g/mol. The number of halogens is 3. The van der Waals surface area contributed by atoms with Crippen LogP contribution in [0.2, 0.25) is 0 Å². The van der Waals surface area contributed by atoms with Crippen LogP contribution in [0.4, 0.5) is 23.8 Å². The third-order valence-electron chi connectivity index (χ3n) is 4.73. The minimum atomic E-state index is -4.54. The highest BCUT2D eigenvalue weighted by atomic mass is 19.4. The van der Waals surface area contributed by atoms with Crippen LogP contribution in [0.15, 0.2) is 12.1 Å². The zero-order valence-electron chi connectivity index (χ0n) is 12.7. The molecule has 0 aliphatic carbocycles. The van der Waals surface area contributed by atoms with Gasteiger partial charge in [0.1, 0.15) is 0 Å². The van der Waals surface area contributed by atoms with E-state index in [1.807, 2.05) is 7.05 Å². The summed E-state index contributed by atoms with van der Waals surface area (Å²) in [5.74, 6) is 0.0259. The first-order valence-electron chi connectivity index (χ1n) is 7.48. The Morgan fingerprint density at radius 1 is 1.17 bits per heavy atom. The summed E-state index contributed by atoms with van der Waals surface area (Å²) in [6.07, 6.45) is -1.75. The summed E-state index contributed by atoms with van der Waals surface area (Å²) in [6.45, 7) is 2.53. The Labute approximate surface area is 131 Å². The lowest BCUT2D eigenvalue weighted by Gasteiger charge is -2.55. The maximum Gasteiger partial charge on any atom is 0.435 e. The number of carbonyl (C=O) groups excluding carboxylic acids is 1. The minimum absolute atomic E-state index is 0.0259. The number of rotatable bonds is 1. The van der Waals surface area contributed by atoms with Gasteiger partial charge in [-0.15, -0.1) is 10.2 Å². The van der Waals surface area contributed by atoms with Crippen LogP contribution in [0.25, 0.3) is 0 Å². The van der Waals surface area contributed by atoms with E-state index in [2.05, 4.69) is 20.4 Å². The lowest BCUT2D eigenvalue weighted by molar-refractivity contribution is -0.141. The van der Waals surface area contributed by atoms with Gasteiger partial charge in [-0.1, -0.05) is 0 Å². The van der Waals surface area contributed by atoms with Gasteiger partial charge in [0.2, 0.25) is 0 Å². The molecule has 0 aromatic carbocycles. The second-order valence-electron chi connectivity index (χ2n) is 6.16. The van der Waals surface area contributed by atoms with Gasteiger partial charge in [-0.05, 0) is 38.4 Å². The van der Waals surface area contributed by atoms with Gasteiger partial charge in [-0.25, -0.2) is 4.79 Å². The summed E-state index contributed by atoms with van der Waals surface area (Å²) in [5, 5.41) is 9.08. The first-order chi connectivity index (χ1) is 10.8. The first kappa shape index (κ1) is 16.0. The number of anilines is 1. The van der Waals surface area contributed by atoms with Crippen molar-refractivity contribution in [2.45, 2.75) is 31.0 Å². The summed E-state index contributed by atoms with van der Waals surface area (Å²) in [5.41, 5.74) is -1.19. The van der Waals surface area contributed by atoms with Gasteiger partial charge in [0, 0.05) is 25.2 Å². The number of amides is 2. The van der Waals surface area contributed by atoms with E-state index in [9.17, 15) is 18.0 Å². The van der Waals surface area contributed by atoms with Crippen LogP contribution >= 0.6 is 0 Å². The Kier molecular flexibility index (Phi) is 3.91. The van der Waals surface area contributed by atoms with Crippen molar-refractivity contribution in [3.05, 3.63) is 17.8 Å². The number of likely N-dealkylation sites (tertiary alicyclic amines) is 2. The van der Waals surface area contributed by atoms with Crippen molar-refractivity contribution >= 4 is 11.8 Å². The fraction of sp³-hybridized carbons (Fsp3) is 0.643. The molecule has 2 saturated heterocycles. The fourth-order valence-corrected chi connectivity index (χ4v) is 3.14. The molecule has 0 saturated carbocycles. The van der Waals surface area contributed by atoms with E-state index in [0.717, 1.165) is 44.5 Å². The molecule has 2 fully saturated rings. The van der Waals surface area contributed by atoms with Gasteiger partial charge in [0.05, 0.1) is 0 Å². The molecule has 2 amide bonds. The molecule has 0 radical (unpaired) electrons. The molecule has 1 spiro atoms. The van der Waals surface area contributed by atoms with Crippen molar-refractivity contribution < 1.29 is 18.0 Å². The summed E-state index contributed by atoms with van der Waals surface area (Å²) in [6, 6.07) is 1.61. The van der Waals surface area contributed by atoms with Crippen LogP contribution in [0.3, 0.4) is 0 Å². The molecule has 6 nitrogen and oxygen atoms in total. The summed E-state index contributed by atoms with van der Waals surface area (Å²) in [7, 11) is 2.05. The van der Waals surface area contributed by atoms with Crippen LogP contribution in [0, 0.1) is 0 Å². The number of piperidine rings is 1. The molecule has 1 aromatic heterocycles. The van der Waals surface area contributed by atoms with E-state index in [0.29, 0.717) is 6.54 Å². The van der Waals surface area contributed by atoms with Crippen molar-refractivity contribution in [1.29, 1.82) is 0 Å². The molecule has 3 heterocycles.